The van der Waals surface area contributed by atoms with Crippen LogP contribution in [0.3, 0.4) is 0 Å². The molecule has 2 heterocycles. The number of hydrogen-bond acceptors (Lipinski definition) is 4. The van der Waals surface area contributed by atoms with Crippen molar-refractivity contribution in [3.05, 3.63) is 35.9 Å². The second-order valence-electron chi connectivity index (χ2n) is 7.99. The highest BCUT2D eigenvalue weighted by Crippen LogP contribution is 2.36. The van der Waals surface area contributed by atoms with Gasteiger partial charge in [0.05, 0.1) is 19.8 Å². The number of carbonyl (C=O) groups is 1. The van der Waals surface area contributed by atoms with E-state index in [1.54, 1.807) is 7.11 Å². The summed E-state index contributed by atoms with van der Waals surface area (Å²) in [5.41, 5.74) is 0.922. The molecule has 0 aliphatic carbocycles. The van der Waals surface area contributed by atoms with Crippen LogP contribution in [0.5, 0.6) is 11.5 Å². The Kier molecular flexibility index (Phi) is 5.44. The molecule has 2 aliphatic heterocycles. The van der Waals surface area contributed by atoms with Gasteiger partial charge in [0.2, 0.25) is 0 Å². The molecule has 1 fully saturated rings. The predicted octanol–water partition coefficient (Wildman–Crippen LogP) is 4.56. The standard InChI is InChI=1S/C21H29NO4/c1-21(2,3)26-20(23)22-16-8-9-17(22)13-15(12-16)10-11-25-19-7-5-6-18(14-19)24-4/h5-7,12,14,16-17H,8-11,13H2,1-4H3. The summed E-state index contributed by atoms with van der Waals surface area (Å²) in [6, 6.07) is 8.07. The Bertz CT molecular complexity index is 677. The average molecular weight is 359 g/mol. The molecule has 1 aromatic rings. The predicted molar refractivity (Wildman–Crippen MR) is 101 cm³/mol. The van der Waals surface area contributed by atoms with E-state index < -0.39 is 5.60 Å². The fourth-order valence-electron chi connectivity index (χ4n) is 3.69. The molecule has 0 saturated carbocycles. The van der Waals surface area contributed by atoms with E-state index in [1.807, 2.05) is 49.9 Å². The molecule has 142 valence electrons. The third-order valence-electron chi connectivity index (χ3n) is 4.81. The van der Waals surface area contributed by atoms with Crippen molar-refractivity contribution in [2.45, 2.75) is 64.1 Å². The monoisotopic (exact) mass is 359 g/mol. The Labute approximate surface area is 155 Å². The molecule has 5 nitrogen and oxygen atoms in total. The first kappa shape index (κ1) is 18.6. The Morgan fingerprint density at radius 3 is 2.69 bits per heavy atom. The molecule has 1 amide bonds. The number of amides is 1. The summed E-state index contributed by atoms with van der Waals surface area (Å²) in [6.45, 7) is 6.36. The molecule has 1 saturated heterocycles. The first-order valence-corrected chi connectivity index (χ1v) is 9.33. The number of methoxy groups -OCH3 is 1. The van der Waals surface area contributed by atoms with Crippen LogP contribution in [0.2, 0.25) is 0 Å². The number of hydrogen-bond donors (Lipinski definition) is 0. The highest BCUT2D eigenvalue weighted by Gasteiger charge is 2.41. The quantitative estimate of drug-likeness (QED) is 0.723. The fraction of sp³-hybridized carbons (Fsp3) is 0.571. The maximum Gasteiger partial charge on any atom is 0.411 e. The van der Waals surface area contributed by atoms with Gasteiger partial charge < -0.3 is 14.2 Å². The van der Waals surface area contributed by atoms with Crippen molar-refractivity contribution >= 4 is 6.09 Å². The van der Waals surface area contributed by atoms with Crippen LogP contribution >= 0.6 is 0 Å². The Morgan fingerprint density at radius 1 is 1.23 bits per heavy atom. The third-order valence-corrected chi connectivity index (χ3v) is 4.81. The SMILES string of the molecule is COc1cccc(OCCC2=CC3CCC(C2)N3C(=O)OC(C)(C)C)c1. The highest BCUT2D eigenvalue weighted by atomic mass is 16.6. The van der Waals surface area contributed by atoms with Crippen LogP contribution < -0.4 is 9.47 Å². The molecule has 3 rings (SSSR count). The molecule has 2 atom stereocenters. The van der Waals surface area contributed by atoms with E-state index in [0.717, 1.165) is 37.2 Å². The van der Waals surface area contributed by atoms with Crippen LogP contribution in [0, 0.1) is 0 Å². The molecular weight excluding hydrogens is 330 g/mol. The van der Waals surface area contributed by atoms with Gasteiger partial charge in [-0.05, 0) is 52.2 Å². The minimum Gasteiger partial charge on any atom is -0.497 e. The summed E-state index contributed by atoms with van der Waals surface area (Å²) in [7, 11) is 1.65. The van der Waals surface area contributed by atoms with Gasteiger partial charge in [-0.25, -0.2) is 4.79 Å². The van der Waals surface area contributed by atoms with Crippen LogP contribution in [-0.2, 0) is 4.74 Å². The molecule has 2 aliphatic rings. The van der Waals surface area contributed by atoms with Crippen molar-refractivity contribution in [1.82, 2.24) is 4.90 Å². The van der Waals surface area contributed by atoms with Crippen molar-refractivity contribution in [2.24, 2.45) is 0 Å². The lowest BCUT2D eigenvalue weighted by Crippen LogP contribution is -2.45. The fourth-order valence-corrected chi connectivity index (χ4v) is 3.69. The molecule has 2 unspecified atom stereocenters. The maximum absolute atomic E-state index is 12.5. The first-order valence-electron chi connectivity index (χ1n) is 9.33. The van der Waals surface area contributed by atoms with Gasteiger partial charge in [0.15, 0.2) is 0 Å². The van der Waals surface area contributed by atoms with Crippen molar-refractivity contribution in [2.75, 3.05) is 13.7 Å². The van der Waals surface area contributed by atoms with Crippen molar-refractivity contribution in [3.8, 4) is 11.5 Å². The zero-order chi connectivity index (χ0) is 18.7. The van der Waals surface area contributed by atoms with E-state index in [9.17, 15) is 4.79 Å². The van der Waals surface area contributed by atoms with Gasteiger partial charge in [0.1, 0.15) is 17.1 Å². The smallest absolute Gasteiger partial charge is 0.411 e. The number of ether oxygens (including phenoxy) is 3. The zero-order valence-electron chi connectivity index (χ0n) is 16.2. The summed E-state index contributed by atoms with van der Waals surface area (Å²) in [6.07, 6.45) is 5.91. The third kappa shape index (κ3) is 4.51. The molecule has 0 aromatic heterocycles. The zero-order valence-corrected chi connectivity index (χ0v) is 16.2. The molecule has 26 heavy (non-hydrogen) atoms. The van der Waals surface area contributed by atoms with Gasteiger partial charge in [-0.15, -0.1) is 0 Å². The average Bonchev–Trinajstić information content (AvgIpc) is 2.85. The lowest BCUT2D eigenvalue weighted by Gasteiger charge is -2.35. The van der Waals surface area contributed by atoms with Gasteiger partial charge in [-0.2, -0.15) is 0 Å². The van der Waals surface area contributed by atoms with E-state index in [0.29, 0.717) is 6.61 Å². The van der Waals surface area contributed by atoms with Gasteiger partial charge in [0.25, 0.3) is 0 Å². The normalized spacial score (nSPS) is 22.0. The van der Waals surface area contributed by atoms with Crippen molar-refractivity contribution in [3.63, 3.8) is 0 Å². The summed E-state index contributed by atoms with van der Waals surface area (Å²) in [4.78, 5) is 14.4. The van der Waals surface area contributed by atoms with Crippen LogP contribution in [0.4, 0.5) is 4.79 Å². The summed E-state index contributed by atoms with van der Waals surface area (Å²) in [5.74, 6) is 1.62. The molecule has 5 heteroatoms. The van der Waals surface area contributed by atoms with Gasteiger partial charge in [-0.3, -0.25) is 4.90 Å². The molecule has 1 aromatic carbocycles. The molecule has 0 N–H and O–H groups in total. The van der Waals surface area contributed by atoms with E-state index in [4.69, 9.17) is 14.2 Å². The van der Waals surface area contributed by atoms with E-state index >= 15 is 0 Å². The molecule has 2 bridgehead atoms. The highest BCUT2D eigenvalue weighted by molar-refractivity contribution is 5.70. The Morgan fingerprint density at radius 2 is 2.00 bits per heavy atom. The lowest BCUT2D eigenvalue weighted by atomic mass is 9.99. The largest absolute Gasteiger partial charge is 0.497 e. The van der Waals surface area contributed by atoms with Crippen LogP contribution in [0.25, 0.3) is 0 Å². The topological polar surface area (TPSA) is 48.0 Å². The molecule has 0 spiro atoms. The minimum absolute atomic E-state index is 0.162. The molecular formula is C21H29NO4. The lowest BCUT2D eigenvalue weighted by molar-refractivity contribution is 0.0165. The number of benzene rings is 1. The van der Waals surface area contributed by atoms with Crippen LogP contribution in [-0.4, -0.2) is 42.4 Å². The van der Waals surface area contributed by atoms with Crippen LogP contribution in [0.15, 0.2) is 35.9 Å². The Balaban J connectivity index is 1.55. The van der Waals surface area contributed by atoms with E-state index in [2.05, 4.69) is 6.08 Å². The van der Waals surface area contributed by atoms with Gasteiger partial charge >= 0.3 is 6.09 Å². The van der Waals surface area contributed by atoms with E-state index in [-0.39, 0.29) is 18.2 Å². The summed E-state index contributed by atoms with van der Waals surface area (Å²) in [5, 5.41) is 0. The number of carbonyl (C=O) groups excluding carboxylic acids is 1. The molecule has 0 radical (unpaired) electrons. The van der Waals surface area contributed by atoms with Crippen molar-refractivity contribution < 1.29 is 19.0 Å². The van der Waals surface area contributed by atoms with E-state index in [1.165, 1.54) is 5.57 Å². The second kappa shape index (κ2) is 7.60. The Hall–Kier alpha value is -2.17. The minimum atomic E-state index is -0.453. The number of rotatable bonds is 5. The number of nitrogens with zero attached hydrogens (tertiary/aromatic N) is 1. The number of fused-ring (bicyclic) bond motifs is 2. The summed E-state index contributed by atoms with van der Waals surface area (Å²) < 4.78 is 16.6. The maximum atomic E-state index is 12.5. The second-order valence-corrected chi connectivity index (χ2v) is 7.99. The van der Waals surface area contributed by atoms with Crippen LogP contribution in [0.1, 0.15) is 46.5 Å². The van der Waals surface area contributed by atoms with Gasteiger partial charge in [0, 0.05) is 18.5 Å². The summed E-state index contributed by atoms with van der Waals surface area (Å²) >= 11 is 0. The first-order chi connectivity index (χ1) is 12.4. The van der Waals surface area contributed by atoms with Gasteiger partial charge in [-0.1, -0.05) is 17.7 Å². The van der Waals surface area contributed by atoms with Crippen molar-refractivity contribution in [1.29, 1.82) is 0 Å².